The number of nitrogen functional groups attached to an aromatic ring is 1. The van der Waals surface area contributed by atoms with Crippen LogP contribution in [-0.4, -0.2) is 9.97 Å². The van der Waals surface area contributed by atoms with Crippen LogP contribution in [0.5, 0.6) is 0 Å². The topological polar surface area (TPSA) is 75.6 Å². The number of pyridine rings is 2. The summed E-state index contributed by atoms with van der Waals surface area (Å²) in [6.07, 6.45) is 5.45. The summed E-state index contributed by atoms with van der Waals surface area (Å²) in [4.78, 5) is 8.08. The van der Waals surface area contributed by atoms with Crippen molar-refractivity contribution in [1.29, 1.82) is 5.26 Å². The molecule has 78 valence electrons. The summed E-state index contributed by atoms with van der Waals surface area (Å²) in [5, 5.41) is 8.76. The first-order valence-electron chi connectivity index (χ1n) is 4.83. The van der Waals surface area contributed by atoms with Gasteiger partial charge < -0.3 is 5.73 Å². The van der Waals surface area contributed by atoms with Gasteiger partial charge in [0.15, 0.2) is 0 Å². The van der Waals surface area contributed by atoms with Gasteiger partial charge in [-0.1, -0.05) is 6.07 Å². The number of hydrogen-bond donors (Lipinski definition) is 1. The number of nitriles is 1. The number of anilines is 1. The van der Waals surface area contributed by atoms with Gasteiger partial charge in [-0.15, -0.1) is 0 Å². The molecule has 2 rings (SSSR count). The van der Waals surface area contributed by atoms with Crippen molar-refractivity contribution >= 4 is 5.82 Å². The van der Waals surface area contributed by atoms with E-state index in [2.05, 4.69) is 16.0 Å². The fourth-order valence-electron chi connectivity index (χ4n) is 1.53. The van der Waals surface area contributed by atoms with Crippen LogP contribution in [0, 0.1) is 11.3 Å². The number of aromatic nitrogens is 2. The molecule has 0 saturated heterocycles. The minimum atomic E-state index is 0.316. The summed E-state index contributed by atoms with van der Waals surface area (Å²) < 4.78 is 0. The second-order valence-electron chi connectivity index (χ2n) is 3.34. The van der Waals surface area contributed by atoms with Crippen LogP contribution in [0.25, 0.3) is 11.1 Å². The standard InChI is InChI=1S/C12H10N4/c13-4-3-9-6-12(14)16-8-11(9)10-2-1-5-15-7-10/h1-2,5-8H,3H2,(H2,14,16). The Morgan fingerprint density at radius 2 is 2.25 bits per heavy atom. The van der Waals surface area contributed by atoms with Crippen LogP contribution in [0.1, 0.15) is 5.56 Å². The first kappa shape index (κ1) is 10.1. The third kappa shape index (κ3) is 1.98. The van der Waals surface area contributed by atoms with Crippen LogP contribution in [0.2, 0.25) is 0 Å². The first-order chi connectivity index (χ1) is 7.81. The van der Waals surface area contributed by atoms with Gasteiger partial charge in [0, 0.05) is 29.7 Å². The lowest BCUT2D eigenvalue weighted by Crippen LogP contribution is -1.96. The highest BCUT2D eigenvalue weighted by Gasteiger charge is 2.06. The molecule has 2 N–H and O–H groups in total. The van der Waals surface area contributed by atoms with Crippen molar-refractivity contribution < 1.29 is 0 Å². The summed E-state index contributed by atoms with van der Waals surface area (Å²) in [5.41, 5.74) is 8.33. The zero-order chi connectivity index (χ0) is 11.4. The van der Waals surface area contributed by atoms with E-state index in [1.54, 1.807) is 24.7 Å². The summed E-state index contributed by atoms with van der Waals surface area (Å²) in [6, 6.07) is 7.63. The Kier molecular flexibility index (Phi) is 2.79. The molecule has 0 saturated carbocycles. The second-order valence-corrected chi connectivity index (χ2v) is 3.34. The van der Waals surface area contributed by atoms with Crippen LogP contribution in [0.15, 0.2) is 36.8 Å². The number of nitrogens with zero attached hydrogens (tertiary/aromatic N) is 3. The Morgan fingerprint density at radius 3 is 2.94 bits per heavy atom. The number of hydrogen-bond acceptors (Lipinski definition) is 4. The summed E-state index contributed by atoms with van der Waals surface area (Å²) in [6.45, 7) is 0. The highest BCUT2D eigenvalue weighted by molar-refractivity contribution is 5.67. The normalized spacial score (nSPS) is 9.69. The smallest absolute Gasteiger partial charge is 0.123 e. The van der Waals surface area contributed by atoms with Crippen LogP contribution >= 0.6 is 0 Å². The van der Waals surface area contributed by atoms with Crippen molar-refractivity contribution in [2.24, 2.45) is 0 Å². The van der Waals surface area contributed by atoms with Gasteiger partial charge in [-0.05, 0) is 17.7 Å². The molecular formula is C12H10N4. The number of rotatable bonds is 2. The molecule has 0 aromatic carbocycles. The van der Waals surface area contributed by atoms with Gasteiger partial charge in [-0.25, -0.2) is 4.98 Å². The van der Waals surface area contributed by atoms with E-state index in [1.807, 2.05) is 12.1 Å². The quantitative estimate of drug-likeness (QED) is 0.819. The Bertz CT molecular complexity index is 528. The number of nitrogens with two attached hydrogens (primary N) is 1. The lowest BCUT2D eigenvalue weighted by molar-refractivity contribution is 1.21. The minimum Gasteiger partial charge on any atom is -0.384 e. The van der Waals surface area contributed by atoms with Gasteiger partial charge in [0.05, 0.1) is 12.5 Å². The molecule has 2 aromatic heterocycles. The molecule has 0 unspecified atom stereocenters. The molecular weight excluding hydrogens is 200 g/mol. The molecule has 0 fully saturated rings. The molecule has 16 heavy (non-hydrogen) atoms. The zero-order valence-electron chi connectivity index (χ0n) is 8.59. The fraction of sp³-hybridized carbons (Fsp3) is 0.0833. The van der Waals surface area contributed by atoms with Gasteiger partial charge in [0.1, 0.15) is 5.82 Å². The summed E-state index contributed by atoms with van der Waals surface area (Å²) in [7, 11) is 0. The van der Waals surface area contributed by atoms with Crippen molar-refractivity contribution in [2.45, 2.75) is 6.42 Å². The fourth-order valence-corrected chi connectivity index (χ4v) is 1.53. The van der Waals surface area contributed by atoms with E-state index in [0.717, 1.165) is 16.7 Å². The highest BCUT2D eigenvalue weighted by atomic mass is 14.8. The van der Waals surface area contributed by atoms with Gasteiger partial charge in [0.25, 0.3) is 0 Å². The molecule has 4 nitrogen and oxygen atoms in total. The highest BCUT2D eigenvalue weighted by Crippen LogP contribution is 2.23. The van der Waals surface area contributed by atoms with Crippen molar-refractivity contribution in [3.63, 3.8) is 0 Å². The van der Waals surface area contributed by atoms with Crippen molar-refractivity contribution in [3.8, 4) is 17.2 Å². The Morgan fingerprint density at radius 1 is 1.38 bits per heavy atom. The largest absolute Gasteiger partial charge is 0.384 e. The van der Waals surface area contributed by atoms with E-state index < -0.39 is 0 Å². The third-order valence-corrected chi connectivity index (χ3v) is 2.25. The Balaban J connectivity index is 2.53. The van der Waals surface area contributed by atoms with Crippen LogP contribution in [-0.2, 0) is 6.42 Å². The average Bonchev–Trinajstić information content (AvgIpc) is 2.31. The molecule has 0 atom stereocenters. The Labute approximate surface area is 93.4 Å². The molecule has 0 bridgehead atoms. The molecule has 0 aliphatic rings. The molecule has 4 heteroatoms. The minimum absolute atomic E-state index is 0.316. The summed E-state index contributed by atoms with van der Waals surface area (Å²) in [5.74, 6) is 0.429. The van der Waals surface area contributed by atoms with Gasteiger partial charge in [0.2, 0.25) is 0 Å². The van der Waals surface area contributed by atoms with E-state index in [1.165, 1.54) is 0 Å². The van der Waals surface area contributed by atoms with Crippen molar-refractivity contribution in [3.05, 3.63) is 42.4 Å². The SMILES string of the molecule is N#CCc1cc(N)ncc1-c1cccnc1. The monoisotopic (exact) mass is 210 g/mol. The van der Waals surface area contributed by atoms with Gasteiger partial charge in [-0.3, -0.25) is 4.98 Å². The van der Waals surface area contributed by atoms with Crippen LogP contribution in [0.3, 0.4) is 0 Å². The van der Waals surface area contributed by atoms with E-state index in [9.17, 15) is 0 Å². The van der Waals surface area contributed by atoms with E-state index in [0.29, 0.717) is 12.2 Å². The lowest BCUT2D eigenvalue weighted by atomic mass is 10.0. The third-order valence-electron chi connectivity index (χ3n) is 2.25. The molecule has 0 spiro atoms. The molecule has 0 radical (unpaired) electrons. The molecule has 2 heterocycles. The maximum Gasteiger partial charge on any atom is 0.123 e. The molecule has 0 amide bonds. The molecule has 0 aliphatic heterocycles. The molecule has 2 aromatic rings. The maximum atomic E-state index is 8.76. The first-order valence-corrected chi connectivity index (χ1v) is 4.83. The van der Waals surface area contributed by atoms with Crippen LogP contribution < -0.4 is 5.73 Å². The lowest BCUT2D eigenvalue weighted by Gasteiger charge is -2.06. The van der Waals surface area contributed by atoms with E-state index in [-0.39, 0.29) is 0 Å². The van der Waals surface area contributed by atoms with Gasteiger partial charge in [-0.2, -0.15) is 5.26 Å². The predicted octanol–water partition coefficient (Wildman–Crippen LogP) is 1.79. The van der Waals surface area contributed by atoms with E-state index >= 15 is 0 Å². The predicted molar refractivity (Wildman–Crippen MR) is 61.2 cm³/mol. The summed E-state index contributed by atoms with van der Waals surface area (Å²) >= 11 is 0. The maximum absolute atomic E-state index is 8.76. The van der Waals surface area contributed by atoms with Gasteiger partial charge >= 0.3 is 0 Å². The van der Waals surface area contributed by atoms with Crippen molar-refractivity contribution in [2.75, 3.05) is 5.73 Å². The zero-order valence-corrected chi connectivity index (χ0v) is 8.59. The van der Waals surface area contributed by atoms with Crippen LogP contribution in [0.4, 0.5) is 5.82 Å². The average molecular weight is 210 g/mol. The Hall–Kier alpha value is -2.41. The van der Waals surface area contributed by atoms with E-state index in [4.69, 9.17) is 11.0 Å². The van der Waals surface area contributed by atoms with Crippen molar-refractivity contribution in [1.82, 2.24) is 9.97 Å². The second kappa shape index (κ2) is 4.41. The molecule has 0 aliphatic carbocycles.